The molecule has 100 valence electrons. The summed E-state index contributed by atoms with van der Waals surface area (Å²) in [6.07, 6.45) is 4.88. The van der Waals surface area contributed by atoms with Gasteiger partial charge in [-0.3, -0.25) is 14.9 Å². The van der Waals surface area contributed by atoms with Crippen molar-refractivity contribution in [1.82, 2.24) is 5.32 Å². The van der Waals surface area contributed by atoms with Gasteiger partial charge in [-0.2, -0.15) is 0 Å². The molecule has 2 amide bonds. The number of allylic oxidation sites excluding steroid dienone is 1. The average molecular weight is 349 g/mol. The molecule has 1 fully saturated rings. The number of fused-ring (bicyclic) bond motifs is 1. The molecule has 1 N–H and O–H groups in total. The molecule has 1 heterocycles. The van der Waals surface area contributed by atoms with Crippen molar-refractivity contribution in [3.63, 3.8) is 0 Å². The second kappa shape index (κ2) is 5.06. The number of carbonyl (C=O) groups is 2. The largest absolute Gasteiger partial charge is 0.295 e. The Kier molecular flexibility index (Phi) is 4.16. The first-order chi connectivity index (χ1) is 8.27. The smallest absolute Gasteiger partial charge is 0.247 e. The normalized spacial score (nSPS) is 33.2. The minimum absolute atomic E-state index is 0.287. The van der Waals surface area contributed by atoms with E-state index in [9.17, 15) is 9.59 Å². The molecule has 1 aliphatic carbocycles. The Morgan fingerprint density at radius 2 is 2.11 bits per heavy atom. The highest BCUT2D eigenvalue weighted by molar-refractivity contribution is 8.03. The first-order valence-electron chi connectivity index (χ1n) is 5.19. The zero-order valence-electron chi connectivity index (χ0n) is 8.96. The van der Waals surface area contributed by atoms with Crippen molar-refractivity contribution < 1.29 is 9.59 Å². The van der Waals surface area contributed by atoms with Crippen LogP contribution in [0.2, 0.25) is 0 Å². The lowest BCUT2D eigenvalue weighted by molar-refractivity contribution is -0.125. The number of halogens is 4. The predicted molar refractivity (Wildman–Crippen MR) is 75.3 cm³/mol. The van der Waals surface area contributed by atoms with Crippen LogP contribution < -0.4 is 5.32 Å². The van der Waals surface area contributed by atoms with Crippen LogP contribution in [-0.4, -0.2) is 25.1 Å². The first-order valence-corrected chi connectivity index (χ1v) is 7.64. The molecule has 0 aromatic heterocycles. The Morgan fingerprint density at radius 1 is 1.44 bits per heavy atom. The summed E-state index contributed by atoms with van der Waals surface area (Å²) in [4.78, 5) is 23.7. The molecule has 0 aromatic rings. The van der Waals surface area contributed by atoms with Crippen molar-refractivity contribution in [2.45, 2.75) is 26.1 Å². The van der Waals surface area contributed by atoms with E-state index in [-0.39, 0.29) is 5.91 Å². The number of amides is 2. The third kappa shape index (κ3) is 2.50. The van der Waals surface area contributed by atoms with E-state index in [2.05, 4.69) is 5.32 Å². The fraction of sp³-hybridized carbons (Fsp3) is 0.600. The number of thioether (sulfide) groups is 1. The number of carbonyl (C=O) groups excluding carboxylic acids is 2. The van der Waals surface area contributed by atoms with Gasteiger partial charge in [-0.25, -0.2) is 0 Å². The third-order valence-electron chi connectivity index (χ3n) is 2.97. The Hall–Kier alpha value is 0.390. The molecule has 0 spiro atoms. The van der Waals surface area contributed by atoms with Gasteiger partial charge in [-0.1, -0.05) is 47.0 Å². The van der Waals surface area contributed by atoms with Crippen molar-refractivity contribution in [3.05, 3.63) is 12.2 Å². The summed E-state index contributed by atoms with van der Waals surface area (Å²) in [5, 5.41) is 2.32. The van der Waals surface area contributed by atoms with Gasteiger partial charge in [0.25, 0.3) is 0 Å². The maximum Gasteiger partial charge on any atom is 0.247 e. The zero-order chi connectivity index (χ0) is 13.6. The van der Waals surface area contributed by atoms with E-state index < -0.39 is 25.1 Å². The lowest BCUT2D eigenvalue weighted by Crippen LogP contribution is -2.41. The SMILES string of the molecule is O=C1NC(=O)C2(SC(Cl)C(Cl)(Cl)Cl)C=CCCC12. The molecule has 3 unspecified atom stereocenters. The molecule has 0 bridgehead atoms. The van der Waals surface area contributed by atoms with Crippen LogP contribution in [0.4, 0.5) is 0 Å². The summed E-state index contributed by atoms with van der Waals surface area (Å²) in [5.74, 6) is -1.13. The highest BCUT2D eigenvalue weighted by Gasteiger charge is 2.57. The van der Waals surface area contributed by atoms with E-state index in [0.717, 1.165) is 18.2 Å². The summed E-state index contributed by atoms with van der Waals surface area (Å²) in [6, 6.07) is 0. The molecular formula is C10H9Cl4NO2S. The highest BCUT2D eigenvalue weighted by Crippen LogP contribution is 2.51. The van der Waals surface area contributed by atoms with Gasteiger partial charge in [0, 0.05) is 0 Å². The lowest BCUT2D eigenvalue weighted by atomic mass is 9.85. The van der Waals surface area contributed by atoms with E-state index in [1.54, 1.807) is 6.08 Å². The fourth-order valence-corrected chi connectivity index (χ4v) is 4.16. The molecule has 1 aliphatic heterocycles. The van der Waals surface area contributed by atoms with Crippen LogP contribution in [0.25, 0.3) is 0 Å². The fourth-order valence-electron chi connectivity index (χ4n) is 2.12. The van der Waals surface area contributed by atoms with E-state index >= 15 is 0 Å². The van der Waals surface area contributed by atoms with Crippen LogP contribution in [0.1, 0.15) is 12.8 Å². The summed E-state index contributed by atoms with van der Waals surface area (Å²) in [5.41, 5.74) is 0. The van der Waals surface area contributed by atoms with E-state index in [4.69, 9.17) is 46.4 Å². The molecule has 3 atom stereocenters. The minimum atomic E-state index is -1.71. The van der Waals surface area contributed by atoms with Crippen molar-refractivity contribution in [3.8, 4) is 0 Å². The van der Waals surface area contributed by atoms with Gasteiger partial charge >= 0.3 is 0 Å². The van der Waals surface area contributed by atoms with Gasteiger partial charge in [0.15, 0.2) is 0 Å². The van der Waals surface area contributed by atoms with Crippen LogP contribution in [0, 0.1) is 5.92 Å². The van der Waals surface area contributed by atoms with Crippen molar-refractivity contribution in [2.75, 3.05) is 0 Å². The van der Waals surface area contributed by atoms with Crippen molar-refractivity contribution >= 4 is 70.0 Å². The van der Waals surface area contributed by atoms with Gasteiger partial charge in [-0.15, -0.1) is 23.4 Å². The molecule has 0 radical (unpaired) electrons. The van der Waals surface area contributed by atoms with Gasteiger partial charge in [-0.05, 0) is 12.8 Å². The highest BCUT2D eigenvalue weighted by atomic mass is 35.6. The van der Waals surface area contributed by atoms with Gasteiger partial charge < -0.3 is 0 Å². The van der Waals surface area contributed by atoms with E-state index in [1.807, 2.05) is 6.08 Å². The number of rotatable bonds is 2. The van der Waals surface area contributed by atoms with Gasteiger partial charge in [0.05, 0.1) is 5.92 Å². The summed E-state index contributed by atoms with van der Waals surface area (Å²) in [6.45, 7) is 0. The Morgan fingerprint density at radius 3 is 2.72 bits per heavy atom. The molecule has 8 heteroatoms. The maximum atomic E-state index is 12.0. The van der Waals surface area contributed by atoms with E-state index in [1.165, 1.54) is 0 Å². The molecule has 3 nitrogen and oxygen atoms in total. The number of alkyl halides is 4. The number of hydrogen-bond acceptors (Lipinski definition) is 3. The molecule has 0 aromatic carbocycles. The average Bonchev–Trinajstić information content (AvgIpc) is 2.50. The standard InChI is InChI=1S/C10H9Cl4NO2S/c11-7(10(12,13)14)18-9-4-2-1-3-5(9)6(16)15-8(9)17/h2,4-5,7H,1,3H2,(H,15,16,17). The zero-order valence-corrected chi connectivity index (χ0v) is 12.8. The lowest BCUT2D eigenvalue weighted by Gasteiger charge is -2.33. The maximum absolute atomic E-state index is 12.0. The number of imide groups is 1. The Labute approximate surface area is 129 Å². The Balaban J connectivity index is 2.31. The minimum Gasteiger partial charge on any atom is -0.295 e. The monoisotopic (exact) mass is 347 g/mol. The van der Waals surface area contributed by atoms with E-state index in [0.29, 0.717) is 6.42 Å². The van der Waals surface area contributed by atoms with Crippen LogP contribution >= 0.6 is 58.2 Å². The first kappa shape index (κ1) is 14.8. The molecule has 18 heavy (non-hydrogen) atoms. The predicted octanol–water partition coefficient (Wildman–Crippen LogP) is 3.02. The van der Waals surface area contributed by atoms with Crippen molar-refractivity contribution in [2.24, 2.45) is 5.92 Å². The quantitative estimate of drug-likeness (QED) is 0.474. The molecule has 0 saturated carbocycles. The number of nitrogens with one attached hydrogen (secondary N) is 1. The summed E-state index contributed by atoms with van der Waals surface area (Å²) in [7, 11) is 0. The van der Waals surface area contributed by atoms with Crippen LogP contribution in [0.3, 0.4) is 0 Å². The third-order valence-corrected chi connectivity index (χ3v) is 6.50. The van der Waals surface area contributed by atoms with Crippen molar-refractivity contribution in [1.29, 1.82) is 0 Å². The molecule has 2 rings (SSSR count). The second-order valence-corrected chi connectivity index (χ2v) is 8.57. The topological polar surface area (TPSA) is 46.2 Å². The summed E-state index contributed by atoms with van der Waals surface area (Å²) >= 11 is 24.1. The van der Waals surface area contributed by atoms with Gasteiger partial charge in [0.1, 0.15) is 9.46 Å². The summed E-state index contributed by atoms with van der Waals surface area (Å²) < 4.78 is -3.68. The van der Waals surface area contributed by atoms with Crippen LogP contribution in [-0.2, 0) is 9.59 Å². The molecule has 2 aliphatic rings. The van der Waals surface area contributed by atoms with Gasteiger partial charge in [0.2, 0.25) is 15.6 Å². The van der Waals surface area contributed by atoms with Crippen LogP contribution in [0.15, 0.2) is 12.2 Å². The number of hydrogen-bond donors (Lipinski definition) is 1. The van der Waals surface area contributed by atoms with Crippen LogP contribution in [0.5, 0.6) is 0 Å². The Bertz CT molecular complexity index is 423. The molecular weight excluding hydrogens is 340 g/mol. The second-order valence-electron chi connectivity index (χ2n) is 4.12. The molecule has 1 saturated heterocycles.